The van der Waals surface area contributed by atoms with E-state index in [0.29, 0.717) is 5.92 Å². The first-order chi connectivity index (χ1) is 4.48. The molecule has 1 heteroatoms. The van der Waals surface area contributed by atoms with Gasteiger partial charge in [0, 0.05) is 5.54 Å². The Morgan fingerprint density at radius 1 is 1.30 bits per heavy atom. The smallest absolute Gasteiger partial charge is 0.0212 e. The minimum atomic E-state index is 0.189. The van der Waals surface area contributed by atoms with Crippen LogP contribution in [0.15, 0.2) is 0 Å². The summed E-state index contributed by atoms with van der Waals surface area (Å²) in [6, 6.07) is 0. The van der Waals surface area contributed by atoms with Crippen molar-refractivity contribution in [3.8, 4) is 0 Å². The summed E-state index contributed by atoms with van der Waals surface area (Å²) in [5.41, 5.74) is 6.32. The number of nitrogens with two attached hydrogens (primary N) is 1. The summed E-state index contributed by atoms with van der Waals surface area (Å²) in [6.07, 6.45) is 1.24. The molecule has 0 amide bonds. The van der Waals surface area contributed by atoms with Crippen molar-refractivity contribution < 1.29 is 0 Å². The molecule has 0 aromatic heterocycles. The van der Waals surface area contributed by atoms with Crippen molar-refractivity contribution >= 4 is 0 Å². The lowest BCUT2D eigenvalue weighted by Crippen LogP contribution is -2.32. The molecule has 1 rings (SSSR count). The Morgan fingerprint density at radius 3 is 1.90 bits per heavy atom. The second-order valence-corrected chi connectivity index (χ2v) is 4.32. The van der Waals surface area contributed by atoms with Gasteiger partial charge in [0.1, 0.15) is 0 Å². The molecule has 0 radical (unpaired) electrons. The van der Waals surface area contributed by atoms with Gasteiger partial charge in [0.2, 0.25) is 0 Å². The van der Waals surface area contributed by atoms with E-state index in [2.05, 4.69) is 27.7 Å². The lowest BCUT2D eigenvalue weighted by Gasteiger charge is -2.17. The lowest BCUT2D eigenvalue weighted by atomic mass is 9.95. The number of hydrogen-bond acceptors (Lipinski definition) is 1. The van der Waals surface area contributed by atoms with Crippen LogP contribution in [-0.4, -0.2) is 5.54 Å². The van der Waals surface area contributed by atoms with Gasteiger partial charge < -0.3 is 5.73 Å². The van der Waals surface area contributed by atoms with Crippen LogP contribution in [0.5, 0.6) is 0 Å². The van der Waals surface area contributed by atoms with Crippen LogP contribution in [-0.2, 0) is 0 Å². The number of rotatable bonds is 2. The van der Waals surface area contributed by atoms with E-state index in [1.54, 1.807) is 0 Å². The SMILES string of the molecule is CC(C)C1CC1(N)C(C)C. The molecule has 0 bridgehead atoms. The lowest BCUT2D eigenvalue weighted by molar-refractivity contribution is 0.391. The first-order valence-corrected chi connectivity index (χ1v) is 4.27. The molecular formula is C9H19N. The Bertz CT molecular complexity index is 129. The Morgan fingerprint density at radius 2 is 1.80 bits per heavy atom. The fourth-order valence-electron chi connectivity index (χ4n) is 1.84. The van der Waals surface area contributed by atoms with Gasteiger partial charge in [0.25, 0.3) is 0 Å². The van der Waals surface area contributed by atoms with Crippen LogP contribution in [0.2, 0.25) is 0 Å². The second-order valence-electron chi connectivity index (χ2n) is 4.32. The first kappa shape index (κ1) is 8.06. The molecule has 2 unspecified atom stereocenters. The molecule has 2 N–H and O–H groups in total. The van der Waals surface area contributed by atoms with E-state index in [0.717, 1.165) is 11.8 Å². The minimum Gasteiger partial charge on any atom is -0.325 e. The first-order valence-electron chi connectivity index (χ1n) is 4.27. The van der Waals surface area contributed by atoms with Gasteiger partial charge in [-0.1, -0.05) is 27.7 Å². The Labute approximate surface area is 64.0 Å². The van der Waals surface area contributed by atoms with Crippen LogP contribution < -0.4 is 5.73 Å². The minimum absolute atomic E-state index is 0.189. The van der Waals surface area contributed by atoms with Crippen molar-refractivity contribution in [1.29, 1.82) is 0 Å². The van der Waals surface area contributed by atoms with Gasteiger partial charge in [-0.3, -0.25) is 0 Å². The molecule has 0 aromatic rings. The van der Waals surface area contributed by atoms with E-state index >= 15 is 0 Å². The summed E-state index contributed by atoms with van der Waals surface area (Å²) in [4.78, 5) is 0. The van der Waals surface area contributed by atoms with Gasteiger partial charge in [0.05, 0.1) is 0 Å². The van der Waals surface area contributed by atoms with Gasteiger partial charge >= 0.3 is 0 Å². The third-order valence-electron chi connectivity index (χ3n) is 2.98. The van der Waals surface area contributed by atoms with Crippen LogP contribution in [0, 0.1) is 17.8 Å². The molecule has 0 saturated heterocycles. The average molecular weight is 141 g/mol. The van der Waals surface area contributed by atoms with E-state index in [1.165, 1.54) is 6.42 Å². The predicted molar refractivity (Wildman–Crippen MR) is 44.7 cm³/mol. The third-order valence-corrected chi connectivity index (χ3v) is 2.98. The third kappa shape index (κ3) is 1.07. The zero-order valence-corrected chi connectivity index (χ0v) is 7.52. The van der Waals surface area contributed by atoms with Crippen molar-refractivity contribution in [3.05, 3.63) is 0 Å². The molecule has 0 spiro atoms. The van der Waals surface area contributed by atoms with Crippen LogP contribution in [0.3, 0.4) is 0 Å². The average Bonchev–Trinajstić information content (AvgIpc) is 2.43. The highest BCUT2D eigenvalue weighted by Gasteiger charge is 2.53. The molecule has 1 aliphatic rings. The summed E-state index contributed by atoms with van der Waals surface area (Å²) >= 11 is 0. The molecular weight excluding hydrogens is 122 g/mol. The predicted octanol–water partition coefficient (Wildman–Crippen LogP) is 2.02. The van der Waals surface area contributed by atoms with Gasteiger partial charge in [-0.15, -0.1) is 0 Å². The highest BCUT2D eigenvalue weighted by molar-refractivity contribution is 5.10. The molecule has 0 aliphatic heterocycles. The van der Waals surface area contributed by atoms with Crippen molar-refractivity contribution in [3.63, 3.8) is 0 Å². The van der Waals surface area contributed by atoms with Gasteiger partial charge in [-0.05, 0) is 24.2 Å². The van der Waals surface area contributed by atoms with Crippen molar-refractivity contribution in [2.45, 2.75) is 39.7 Å². The fraction of sp³-hybridized carbons (Fsp3) is 1.00. The Balaban J connectivity index is 2.48. The topological polar surface area (TPSA) is 26.0 Å². The van der Waals surface area contributed by atoms with E-state index in [1.807, 2.05) is 0 Å². The molecule has 0 heterocycles. The Kier molecular flexibility index (Phi) is 1.80. The van der Waals surface area contributed by atoms with Crippen molar-refractivity contribution in [1.82, 2.24) is 0 Å². The molecule has 1 saturated carbocycles. The molecule has 1 fully saturated rings. The molecule has 60 valence electrons. The van der Waals surface area contributed by atoms with Crippen molar-refractivity contribution in [2.75, 3.05) is 0 Å². The standard InChI is InChI=1S/C9H19N/c1-6(2)8-5-9(8,10)7(3)4/h6-8H,5,10H2,1-4H3. The van der Waals surface area contributed by atoms with Gasteiger partial charge in [-0.2, -0.15) is 0 Å². The van der Waals surface area contributed by atoms with Crippen LogP contribution in [0.4, 0.5) is 0 Å². The van der Waals surface area contributed by atoms with Gasteiger partial charge in [-0.25, -0.2) is 0 Å². The molecule has 1 nitrogen and oxygen atoms in total. The summed E-state index contributed by atoms with van der Waals surface area (Å²) in [5, 5.41) is 0. The largest absolute Gasteiger partial charge is 0.325 e. The zero-order valence-electron chi connectivity index (χ0n) is 7.52. The number of hydrogen-bond donors (Lipinski definition) is 1. The summed E-state index contributed by atoms with van der Waals surface area (Å²) in [6.45, 7) is 8.98. The van der Waals surface area contributed by atoms with Crippen LogP contribution >= 0.6 is 0 Å². The molecule has 2 atom stereocenters. The highest BCUT2D eigenvalue weighted by Crippen LogP contribution is 2.50. The summed E-state index contributed by atoms with van der Waals surface area (Å²) in [5.74, 6) is 2.21. The quantitative estimate of drug-likeness (QED) is 0.625. The Hall–Kier alpha value is -0.0400. The van der Waals surface area contributed by atoms with E-state index < -0.39 is 0 Å². The molecule has 0 aromatic carbocycles. The van der Waals surface area contributed by atoms with E-state index in [4.69, 9.17) is 5.73 Å². The van der Waals surface area contributed by atoms with Crippen LogP contribution in [0.25, 0.3) is 0 Å². The highest BCUT2D eigenvalue weighted by atomic mass is 14.9. The maximum atomic E-state index is 6.13. The normalized spacial score (nSPS) is 39.3. The maximum Gasteiger partial charge on any atom is 0.0212 e. The maximum absolute atomic E-state index is 6.13. The van der Waals surface area contributed by atoms with E-state index in [-0.39, 0.29) is 5.54 Å². The second kappa shape index (κ2) is 2.23. The van der Waals surface area contributed by atoms with Crippen LogP contribution in [0.1, 0.15) is 34.1 Å². The molecule has 1 aliphatic carbocycles. The van der Waals surface area contributed by atoms with Crippen molar-refractivity contribution in [2.24, 2.45) is 23.5 Å². The van der Waals surface area contributed by atoms with E-state index in [9.17, 15) is 0 Å². The summed E-state index contributed by atoms with van der Waals surface area (Å²) < 4.78 is 0. The fourth-order valence-corrected chi connectivity index (χ4v) is 1.84. The van der Waals surface area contributed by atoms with Gasteiger partial charge in [0.15, 0.2) is 0 Å². The monoisotopic (exact) mass is 141 g/mol. The molecule has 10 heavy (non-hydrogen) atoms. The zero-order chi connectivity index (χ0) is 7.94. The summed E-state index contributed by atoms with van der Waals surface area (Å²) in [7, 11) is 0.